The van der Waals surface area contributed by atoms with Gasteiger partial charge in [0.15, 0.2) is 11.5 Å². The fraction of sp³-hybridized carbons (Fsp3) is 0.143. The Morgan fingerprint density at radius 1 is 1.05 bits per heavy atom. The van der Waals surface area contributed by atoms with Gasteiger partial charge < -0.3 is 14.8 Å². The third-order valence-corrected chi connectivity index (χ3v) is 6.62. The second-order valence-electron chi connectivity index (χ2n) is 7.76. The molecule has 0 atom stereocenters. The quantitative estimate of drug-likeness (QED) is 0.247. The summed E-state index contributed by atoms with van der Waals surface area (Å²) in [5.74, 6) is 1.72. The van der Waals surface area contributed by atoms with Crippen LogP contribution in [0.15, 0.2) is 78.0 Å². The third-order valence-electron chi connectivity index (χ3n) is 5.42. The molecular weight excluding hydrogens is 508 g/mol. The van der Waals surface area contributed by atoms with Crippen molar-refractivity contribution in [2.45, 2.75) is 11.4 Å². The fourth-order valence-corrected chi connectivity index (χ4v) is 4.75. The van der Waals surface area contributed by atoms with E-state index in [0.717, 1.165) is 5.56 Å². The van der Waals surface area contributed by atoms with Gasteiger partial charge in [-0.15, -0.1) is 11.8 Å². The number of nitriles is 1. The van der Waals surface area contributed by atoms with Crippen molar-refractivity contribution in [3.05, 3.63) is 83.5 Å². The number of halogens is 1. The minimum atomic E-state index is -0.199. The molecule has 37 heavy (non-hydrogen) atoms. The average Bonchev–Trinajstić information content (AvgIpc) is 2.93. The molecule has 2 aromatic heterocycles. The Hall–Kier alpha value is -4.06. The van der Waals surface area contributed by atoms with E-state index in [-0.39, 0.29) is 12.3 Å². The standard InChI is InChI=1S/C28H23ClN4O3S/c1-35-24-10-6-9-20(27(24)36-2)21-15-23(18-7-4-3-5-8-18)32-28(22(21)16-30)37-14-13-26(34)33-25-12-11-19(29)17-31-25/h3-12,15,17H,13-14H2,1-2H3,(H,31,33,34). The summed E-state index contributed by atoms with van der Waals surface area (Å²) in [6.45, 7) is 0. The molecular formula is C28H23ClN4O3S. The van der Waals surface area contributed by atoms with Crippen LogP contribution in [0.3, 0.4) is 0 Å². The lowest BCUT2D eigenvalue weighted by Gasteiger charge is -2.16. The molecule has 4 aromatic rings. The number of ether oxygens (including phenoxy) is 2. The summed E-state index contributed by atoms with van der Waals surface area (Å²) >= 11 is 7.20. The molecule has 186 valence electrons. The van der Waals surface area contributed by atoms with E-state index in [1.54, 1.807) is 32.4 Å². The zero-order valence-electron chi connectivity index (χ0n) is 20.2. The maximum atomic E-state index is 12.5. The van der Waals surface area contributed by atoms with Crippen molar-refractivity contribution in [2.75, 3.05) is 25.3 Å². The number of rotatable bonds is 9. The van der Waals surface area contributed by atoms with Crippen LogP contribution in [0.5, 0.6) is 11.5 Å². The number of benzene rings is 2. The van der Waals surface area contributed by atoms with Gasteiger partial charge in [-0.2, -0.15) is 5.26 Å². The van der Waals surface area contributed by atoms with Gasteiger partial charge in [-0.05, 0) is 24.3 Å². The van der Waals surface area contributed by atoms with Gasteiger partial charge in [0, 0.05) is 35.1 Å². The Kier molecular flexibility index (Phi) is 8.62. The Bertz CT molecular complexity index is 1440. The average molecular weight is 531 g/mol. The van der Waals surface area contributed by atoms with Gasteiger partial charge in [-0.1, -0.05) is 54.1 Å². The van der Waals surface area contributed by atoms with Crippen LogP contribution in [0.2, 0.25) is 5.02 Å². The van der Waals surface area contributed by atoms with E-state index in [1.165, 1.54) is 18.0 Å². The zero-order chi connectivity index (χ0) is 26.2. The smallest absolute Gasteiger partial charge is 0.226 e. The molecule has 0 radical (unpaired) electrons. The number of hydrogen-bond acceptors (Lipinski definition) is 7. The number of pyridine rings is 2. The number of anilines is 1. The van der Waals surface area contributed by atoms with Crippen LogP contribution < -0.4 is 14.8 Å². The number of amides is 1. The highest BCUT2D eigenvalue weighted by Crippen LogP contribution is 2.42. The van der Waals surface area contributed by atoms with Crippen LogP contribution in [-0.2, 0) is 4.79 Å². The molecule has 0 spiro atoms. The number of hydrogen-bond donors (Lipinski definition) is 1. The van der Waals surface area contributed by atoms with Gasteiger partial charge in [0.1, 0.15) is 16.9 Å². The normalized spacial score (nSPS) is 10.4. The monoisotopic (exact) mass is 530 g/mol. The first-order chi connectivity index (χ1) is 18.0. The number of nitrogens with one attached hydrogen (secondary N) is 1. The lowest BCUT2D eigenvalue weighted by atomic mass is 9.98. The molecule has 1 N–H and O–H groups in total. The van der Waals surface area contributed by atoms with E-state index in [4.69, 9.17) is 26.1 Å². The number of thioether (sulfide) groups is 1. The summed E-state index contributed by atoms with van der Waals surface area (Å²) < 4.78 is 11.1. The summed E-state index contributed by atoms with van der Waals surface area (Å²) in [5, 5.41) is 13.9. The van der Waals surface area contributed by atoms with E-state index in [9.17, 15) is 10.1 Å². The molecule has 1 amide bonds. The van der Waals surface area contributed by atoms with Crippen LogP contribution >= 0.6 is 23.4 Å². The summed E-state index contributed by atoms with van der Waals surface area (Å²) in [6.07, 6.45) is 1.67. The van der Waals surface area contributed by atoms with Crippen LogP contribution in [0.4, 0.5) is 5.82 Å². The van der Waals surface area contributed by atoms with E-state index < -0.39 is 0 Å². The van der Waals surface area contributed by atoms with Crippen molar-refractivity contribution in [3.8, 4) is 40.0 Å². The summed E-state index contributed by atoms with van der Waals surface area (Å²) in [4.78, 5) is 21.3. The molecule has 0 fully saturated rings. The summed E-state index contributed by atoms with van der Waals surface area (Å²) in [7, 11) is 3.14. The minimum Gasteiger partial charge on any atom is -0.493 e. The van der Waals surface area contributed by atoms with Crippen LogP contribution in [-0.4, -0.2) is 35.8 Å². The van der Waals surface area contributed by atoms with Gasteiger partial charge in [-0.25, -0.2) is 9.97 Å². The Balaban J connectivity index is 1.67. The fourth-order valence-electron chi connectivity index (χ4n) is 3.70. The number of para-hydroxylation sites is 1. The van der Waals surface area contributed by atoms with Gasteiger partial charge in [0.2, 0.25) is 5.91 Å². The highest BCUT2D eigenvalue weighted by atomic mass is 35.5. The molecule has 0 aliphatic heterocycles. The molecule has 0 saturated carbocycles. The molecule has 9 heteroatoms. The molecule has 0 bridgehead atoms. The van der Waals surface area contributed by atoms with Gasteiger partial charge in [-0.3, -0.25) is 4.79 Å². The van der Waals surface area contributed by atoms with Crippen molar-refractivity contribution in [3.63, 3.8) is 0 Å². The molecule has 0 aliphatic carbocycles. The minimum absolute atomic E-state index is 0.199. The van der Waals surface area contributed by atoms with E-state index in [0.29, 0.717) is 55.5 Å². The molecule has 0 unspecified atom stereocenters. The third kappa shape index (κ3) is 6.20. The number of nitrogens with zero attached hydrogens (tertiary/aromatic N) is 3. The molecule has 0 saturated heterocycles. The van der Waals surface area contributed by atoms with Crippen molar-refractivity contribution < 1.29 is 14.3 Å². The highest BCUT2D eigenvalue weighted by molar-refractivity contribution is 7.99. The van der Waals surface area contributed by atoms with E-state index in [2.05, 4.69) is 16.4 Å². The number of carbonyl (C=O) groups is 1. The largest absolute Gasteiger partial charge is 0.493 e. The Labute approximate surface area is 224 Å². The molecule has 2 heterocycles. The van der Waals surface area contributed by atoms with Gasteiger partial charge in [0.25, 0.3) is 0 Å². The first kappa shape index (κ1) is 26.0. The number of carbonyl (C=O) groups excluding carboxylic acids is 1. The van der Waals surface area contributed by atoms with Crippen molar-refractivity contribution in [1.82, 2.24) is 9.97 Å². The SMILES string of the molecule is COc1cccc(-c2cc(-c3ccccc3)nc(SCCC(=O)Nc3ccc(Cl)cn3)c2C#N)c1OC. The van der Waals surface area contributed by atoms with E-state index >= 15 is 0 Å². The molecule has 0 aliphatic rings. The Morgan fingerprint density at radius 3 is 2.54 bits per heavy atom. The second-order valence-corrected chi connectivity index (χ2v) is 9.28. The summed E-state index contributed by atoms with van der Waals surface area (Å²) in [5.41, 5.74) is 3.40. The van der Waals surface area contributed by atoms with Crippen molar-refractivity contribution in [1.29, 1.82) is 5.26 Å². The Morgan fingerprint density at radius 2 is 1.86 bits per heavy atom. The van der Waals surface area contributed by atoms with Crippen LogP contribution in [0, 0.1) is 11.3 Å². The van der Waals surface area contributed by atoms with Crippen LogP contribution in [0.1, 0.15) is 12.0 Å². The highest BCUT2D eigenvalue weighted by Gasteiger charge is 2.20. The zero-order valence-corrected chi connectivity index (χ0v) is 21.8. The summed E-state index contributed by atoms with van der Waals surface area (Å²) in [6, 6.07) is 22.7. The predicted molar refractivity (Wildman–Crippen MR) is 146 cm³/mol. The number of aromatic nitrogens is 2. The lowest BCUT2D eigenvalue weighted by molar-refractivity contribution is -0.115. The molecule has 7 nitrogen and oxygen atoms in total. The van der Waals surface area contributed by atoms with Crippen molar-refractivity contribution in [2.24, 2.45) is 0 Å². The van der Waals surface area contributed by atoms with Gasteiger partial charge in [0.05, 0.1) is 30.5 Å². The lowest BCUT2D eigenvalue weighted by Crippen LogP contribution is -2.13. The first-order valence-electron chi connectivity index (χ1n) is 11.3. The van der Waals surface area contributed by atoms with E-state index in [1.807, 2.05) is 48.5 Å². The van der Waals surface area contributed by atoms with Gasteiger partial charge >= 0.3 is 0 Å². The molecule has 2 aromatic carbocycles. The van der Waals surface area contributed by atoms with Crippen molar-refractivity contribution >= 4 is 35.1 Å². The second kappa shape index (κ2) is 12.3. The number of methoxy groups -OCH3 is 2. The van der Waals surface area contributed by atoms with Crippen LogP contribution in [0.25, 0.3) is 22.4 Å². The maximum absolute atomic E-state index is 12.5. The topological polar surface area (TPSA) is 97.1 Å². The maximum Gasteiger partial charge on any atom is 0.226 e. The first-order valence-corrected chi connectivity index (χ1v) is 12.7. The molecule has 4 rings (SSSR count). The predicted octanol–water partition coefficient (Wildman–Crippen LogP) is 6.47.